The Hall–Kier alpha value is 0.140. The molecule has 0 radical (unpaired) electrons. The normalized spacial score (nSPS) is 12.0. The minimum atomic E-state index is -4.04. The Kier molecular flexibility index (Phi) is 10.4. The van der Waals surface area contributed by atoms with Crippen LogP contribution in [0, 0.1) is 0 Å². The van der Waals surface area contributed by atoms with Crippen molar-refractivity contribution in [1.82, 2.24) is 0 Å². The molecule has 0 aliphatic heterocycles. The van der Waals surface area contributed by atoms with E-state index in [9.17, 15) is 13.2 Å². The fourth-order valence-corrected chi connectivity index (χ4v) is 2.18. The van der Waals surface area contributed by atoms with Crippen LogP contribution in [0.3, 0.4) is 0 Å². The number of hydrogen-bond acceptors (Lipinski definition) is 1. The van der Waals surface area contributed by atoms with E-state index >= 15 is 0 Å². The smallest absolute Gasteiger partial charge is 0.160 e. The zero-order chi connectivity index (χ0) is 12.3. The molecule has 0 N–H and O–H groups in total. The Morgan fingerprint density at radius 1 is 0.750 bits per heavy atom. The molecule has 0 saturated heterocycles. The molecule has 0 spiro atoms. The van der Waals surface area contributed by atoms with Gasteiger partial charge in [-0.25, -0.2) is 0 Å². The number of rotatable bonds is 10. The number of halogens is 3. The Bertz CT molecular complexity index is 146. The molecule has 0 fully saturated rings. The van der Waals surface area contributed by atoms with Gasteiger partial charge in [0.2, 0.25) is 0 Å². The molecule has 0 unspecified atom stereocenters. The highest BCUT2D eigenvalue weighted by Gasteiger charge is 2.27. The van der Waals surface area contributed by atoms with Gasteiger partial charge in [-0.1, -0.05) is 70.1 Å². The molecule has 0 heterocycles. The summed E-state index contributed by atoms with van der Waals surface area (Å²) in [5.74, 6) is 0.222. The monoisotopic (exact) mass is 256 g/mol. The summed E-state index contributed by atoms with van der Waals surface area (Å²) in [7, 11) is 0. The molecule has 0 aromatic rings. The highest BCUT2D eigenvalue weighted by Crippen LogP contribution is 2.30. The molecule has 0 nitrogen and oxygen atoms in total. The second kappa shape index (κ2) is 10.3. The largest absolute Gasteiger partial charge is 0.441 e. The fourth-order valence-electron chi connectivity index (χ4n) is 1.60. The highest BCUT2D eigenvalue weighted by molar-refractivity contribution is 8.00. The first kappa shape index (κ1) is 16.1. The highest BCUT2D eigenvalue weighted by atomic mass is 32.2. The summed E-state index contributed by atoms with van der Waals surface area (Å²) in [4.78, 5) is 0. The van der Waals surface area contributed by atoms with E-state index in [0.717, 1.165) is 12.8 Å². The molecule has 0 amide bonds. The van der Waals surface area contributed by atoms with Crippen LogP contribution in [0.5, 0.6) is 0 Å². The van der Waals surface area contributed by atoms with Crippen molar-refractivity contribution in [3.8, 4) is 0 Å². The van der Waals surface area contributed by atoms with Crippen LogP contribution in [0.1, 0.15) is 64.7 Å². The summed E-state index contributed by atoms with van der Waals surface area (Å²) in [5, 5.41) is 0. The van der Waals surface area contributed by atoms with Gasteiger partial charge >= 0.3 is 5.51 Å². The summed E-state index contributed by atoms with van der Waals surface area (Å²) in [6.45, 7) is 2.19. The summed E-state index contributed by atoms with van der Waals surface area (Å²) < 4.78 is 35.3. The maximum Gasteiger partial charge on any atom is 0.441 e. The van der Waals surface area contributed by atoms with Crippen LogP contribution < -0.4 is 0 Å². The van der Waals surface area contributed by atoms with Crippen molar-refractivity contribution in [3.63, 3.8) is 0 Å². The van der Waals surface area contributed by atoms with Gasteiger partial charge in [-0.15, -0.1) is 0 Å². The van der Waals surface area contributed by atoms with Gasteiger partial charge in [-0.2, -0.15) is 13.2 Å². The first-order valence-corrected chi connectivity index (χ1v) is 7.25. The molecule has 0 aromatic heterocycles. The van der Waals surface area contributed by atoms with Gasteiger partial charge < -0.3 is 0 Å². The SMILES string of the molecule is CCCCCCCCCCCSC(F)(F)F. The number of hydrogen-bond donors (Lipinski definition) is 0. The maximum atomic E-state index is 11.8. The molecule has 0 bridgehead atoms. The molecule has 0 rings (SSSR count). The molecule has 0 aliphatic carbocycles. The quantitative estimate of drug-likeness (QED) is 0.447. The van der Waals surface area contributed by atoms with Gasteiger partial charge in [-0.3, -0.25) is 0 Å². The standard InChI is InChI=1S/C12H23F3S/c1-2-3-4-5-6-7-8-9-10-11-16-12(13,14)15/h2-11H2,1H3. The van der Waals surface area contributed by atoms with Crippen molar-refractivity contribution in [1.29, 1.82) is 0 Å². The van der Waals surface area contributed by atoms with Crippen molar-refractivity contribution in [2.45, 2.75) is 70.2 Å². The van der Waals surface area contributed by atoms with E-state index in [1.54, 1.807) is 0 Å². The first-order chi connectivity index (χ1) is 7.56. The van der Waals surface area contributed by atoms with Crippen LogP contribution in [-0.2, 0) is 0 Å². The van der Waals surface area contributed by atoms with Gasteiger partial charge in [0, 0.05) is 5.75 Å². The minimum absolute atomic E-state index is 0.108. The third-order valence-electron chi connectivity index (χ3n) is 2.51. The van der Waals surface area contributed by atoms with E-state index in [-0.39, 0.29) is 17.5 Å². The van der Waals surface area contributed by atoms with Crippen LogP contribution in [0.15, 0.2) is 0 Å². The Morgan fingerprint density at radius 3 is 1.62 bits per heavy atom. The van der Waals surface area contributed by atoms with Crippen LogP contribution >= 0.6 is 11.8 Å². The number of alkyl halides is 3. The van der Waals surface area contributed by atoms with E-state index in [1.807, 2.05) is 0 Å². The van der Waals surface area contributed by atoms with Gasteiger partial charge in [0.05, 0.1) is 0 Å². The summed E-state index contributed by atoms with van der Waals surface area (Å²) in [5.41, 5.74) is -4.04. The van der Waals surface area contributed by atoms with Crippen LogP contribution in [0.2, 0.25) is 0 Å². The van der Waals surface area contributed by atoms with Crippen LogP contribution in [-0.4, -0.2) is 11.3 Å². The van der Waals surface area contributed by atoms with Gasteiger partial charge in [0.15, 0.2) is 0 Å². The second-order valence-corrected chi connectivity index (χ2v) is 5.28. The number of thioether (sulfide) groups is 1. The molecule has 0 aromatic carbocycles. The lowest BCUT2D eigenvalue weighted by atomic mass is 10.1. The summed E-state index contributed by atoms with van der Waals surface area (Å²) in [6.07, 6.45) is 10.3. The topological polar surface area (TPSA) is 0 Å². The lowest BCUT2D eigenvalue weighted by Gasteiger charge is -2.05. The van der Waals surface area contributed by atoms with Crippen LogP contribution in [0.4, 0.5) is 13.2 Å². The van der Waals surface area contributed by atoms with Crippen molar-refractivity contribution >= 4 is 11.8 Å². The van der Waals surface area contributed by atoms with E-state index in [4.69, 9.17) is 0 Å². The molecule has 16 heavy (non-hydrogen) atoms. The lowest BCUT2D eigenvalue weighted by Crippen LogP contribution is -2.01. The second-order valence-electron chi connectivity index (χ2n) is 4.12. The molecule has 0 atom stereocenters. The van der Waals surface area contributed by atoms with E-state index in [1.165, 1.54) is 38.5 Å². The van der Waals surface area contributed by atoms with Crippen molar-refractivity contribution in [2.75, 3.05) is 5.75 Å². The fraction of sp³-hybridized carbons (Fsp3) is 1.00. The average molecular weight is 256 g/mol. The molecular formula is C12H23F3S. The Labute approximate surface area is 101 Å². The van der Waals surface area contributed by atoms with Gasteiger partial charge in [0.1, 0.15) is 0 Å². The van der Waals surface area contributed by atoms with Gasteiger partial charge in [-0.05, 0) is 6.42 Å². The predicted octanol–water partition coefficient (Wildman–Crippen LogP) is 5.77. The Balaban J connectivity index is 2.99. The van der Waals surface area contributed by atoms with Gasteiger partial charge in [0.25, 0.3) is 0 Å². The van der Waals surface area contributed by atoms with Crippen molar-refractivity contribution < 1.29 is 13.2 Å². The first-order valence-electron chi connectivity index (χ1n) is 6.27. The minimum Gasteiger partial charge on any atom is -0.160 e. The predicted molar refractivity (Wildman–Crippen MR) is 65.7 cm³/mol. The zero-order valence-electron chi connectivity index (χ0n) is 10.1. The summed E-state index contributed by atoms with van der Waals surface area (Å²) in [6, 6.07) is 0. The third kappa shape index (κ3) is 14.1. The molecule has 0 saturated carbocycles. The third-order valence-corrected chi connectivity index (χ3v) is 3.33. The molecular weight excluding hydrogens is 233 g/mol. The zero-order valence-corrected chi connectivity index (χ0v) is 10.9. The molecule has 98 valence electrons. The molecule has 4 heteroatoms. The summed E-state index contributed by atoms with van der Waals surface area (Å²) >= 11 is 0.108. The Morgan fingerprint density at radius 2 is 1.19 bits per heavy atom. The van der Waals surface area contributed by atoms with E-state index in [2.05, 4.69) is 6.92 Å². The van der Waals surface area contributed by atoms with Crippen molar-refractivity contribution in [3.05, 3.63) is 0 Å². The lowest BCUT2D eigenvalue weighted by molar-refractivity contribution is -0.0328. The van der Waals surface area contributed by atoms with Crippen LogP contribution in [0.25, 0.3) is 0 Å². The van der Waals surface area contributed by atoms with Crippen molar-refractivity contribution in [2.24, 2.45) is 0 Å². The van der Waals surface area contributed by atoms with E-state index < -0.39 is 5.51 Å². The maximum absolute atomic E-state index is 11.8. The number of unbranched alkanes of at least 4 members (excludes halogenated alkanes) is 8. The average Bonchev–Trinajstić information content (AvgIpc) is 2.19. The molecule has 0 aliphatic rings. The van der Waals surface area contributed by atoms with E-state index in [0.29, 0.717) is 6.42 Å².